The molecule has 0 spiro atoms. The first-order chi connectivity index (χ1) is 12.5. The first kappa shape index (κ1) is 21.0. The van der Waals surface area contributed by atoms with E-state index in [9.17, 15) is 9.59 Å². The lowest BCUT2D eigenvalue weighted by Crippen LogP contribution is -2.24. The Balaban J connectivity index is 0.00000261. The Morgan fingerprint density at radius 2 is 2.04 bits per heavy atom. The number of hydrogen-bond donors (Lipinski definition) is 3. The second-order valence-corrected chi connectivity index (χ2v) is 6.78. The van der Waals surface area contributed by atoms with Gasteiger partial charge < -0.3 is 20.3 Å². The number of aromatic carboxylic acids is 1. The Bertz CT molecular complexity index is 849. The van der Waals surface area contributed by atoms with Crippen LogP contribution >= 0.6 is 12.4 Å². The van der Waals surface area contributed by atoms with Crippen molar-refractivity contribution < 1.29 is 9.90 Å². The number of benzene rings is 1. The number of nitrogens with zero attached hydrogens (tertiary/aromatic N) is 1. The largest absolute Gasteiger partial charge is 0.477 e. The van der Waals surface area contributed by atoms with Crippen molar-refractivity contribution in [1.82, 2.24) is 10.3 Å². The average molecular weight is 392 g/mol. The van der Waals surface area contributed by atoms with E-state index < -0.39 is 11.5 Å². The number of aromatic amines is 1. The van der Waals surface area contributed by atoms with Gasteiger partial charge >= 0.3 is 5.97 Å². The molecule has 0 aliphatic carbocycles. The quantitative estimate of drug-likeness (QED) is 0.705. The molecule has 146 valence electrons. The smallest absolute Gasteiger partial charge is 0.341 e. The van der Waals surface area contributed by atoms with E-state index in [2.05, 4.69) is 27.3 Å². The molecule has 1 fully saturated rings. The van der Waals surface area contributed by atoms with Gasteiger partial charge in [-0.3, -0.25) is 4.79 Å². The maximum atomic E-state index is 12.0. The molecule has 3 rings (SSSR count). The van der Waals surface area contributed by atoms with E-state index in [4.69, 9.17) is 5.11 Å². The van der Waals surface area contributed by atoms with Crippen LogP contribution in [0.5, 0.6) is 0 Å². The van der Waals surface area contributed by atoms with Gasteiger partial charge in [0.1, 0.15) is 5.56 Å². The molecule has 1 aromatic carbocycles. The van der Waals surface area contributed by atoms with Crippen molar-refractivity contribution in [2.45, 2.75) is 19.8 Å². The van der Waals surface area contributed by atoms with Crippen LogP contribution in [0, 0.1) is 5.92 Å². The minimum absolute atomic E-state index is 0. The van der Waals surface area contributed by atoms with Gasteiger partial charge in [0, 0.05) is 18.8 Å². The van der Waals surface area contributed by atoms with Crippen molar-refractivity contribution in [2.24, 2.45) is 5.92 Å². The zero-order chi connectivity index (χ0) is 18.7. The van der Waals surface area contributed by atoms with Crippen molar-refractivity contribution in [3.05, 3.63) is 51.8 Å². The van der Waals surface area contributed by atoms with Gasteiger partial charge in [-0.15, -0.1) is 12.4 Å². The van der Waals surface area contributed by atoms with Crippen molar-refractivity contribution >= 4 is 24.1 Å². The van der Waals surface area contributed by atoms with Gasteiger partial charge in [0.2, 0.25) is 0 Å². The summed E-state index contributed by atoms with van der Waals surface area (Å²) in [5.74, 6) is -0.528. The summed E-state index contributed by atoms with van der Waals surface area (Å²) in [5.41, 5.74) is 2.81. The Morgan fingerprint density at radius 1 is 1.33 bits per heavy atom. The Labute approximate surface area is 165 Å². The molecule has 6 nitrogen and oxygen atoms in total. The molecule has 7 heteroatoms. The summed E-state index contributed by atoms with van der Waals surface area (Å²) >= 11 is 0. The van der Waals surface area contributed by atoms with Crippen LogP contribution in [-0.4, -0.2) is 42.7 Å². The molecule has 1 unspecified atom stereocenters. The molecule has 0 saturated carbocycles. The first-order valence-corrected chi connectivity index (χ1v) is 9.03. The SMILES string of the molecule is CCc1cc(C(=O)O)c(=O)[nH]c1-c1ccc(N2CCC(CNC)C2)cc1.Cl. The van der Waals surface area contributed by atoms with Gasteiger partial charge in [0.25, 0.3) is 5.56 Å². The summed E-state index contributed by atoms with van der Waals surface area (Å²) < 4.78 is 0. The molecule has 0 amide bonds. The summed E-state index contributed by atoms with van der Waals surface area (Å²) in [4.78, 5) is 28.3. The number of rotatable bonds is 6. The van der Waals surface area contributed by atoms with Gasteiger partial charge in [-0.2, -0.15) is 0 Å². The zero-order valence-electron chi connectivity index (χ0n) is 15.6. The Morgan fingerprint density at radius 3 is 2.63 bits per heavy atom. The number of carboxylic acids is 1. The van der Waals surface area contributed by atoms with Crippen molar-refractivity contribution in [3.63, 3.8) is 0 Å². The van der Waals surface area contributed by atoms with Gasteiger partial charge in [-0.25, -0.2) is 4.79 Å². The lowest BCUT2D eigenvalue weighted by Gasteiger charge is -2.19. The fourth-order valence-electron chi connectivity index (χ4n) is 3.63. The minimum Gasteiger partial charge on any atom is -0.477 e. The standard InChI is InChI=1S/C20H25N3O3.ClH/c1-3-14-10-17(20(25)26)19(24)22-18(14)15-4-6-16(7-5-15)23-9-8-13(12-23)11-21-2;/h4-7,10,13,21H,3,8-9,11-12H2,1-2H3,(H,22,24)(H,25,26);1H. The van der Waals surface area contributed by atoms with Crippen LogP contribution in [-0.2, 0) is 6.42 Å². The number of pyridine rings is 1. The van der Waals surface area contributed by atoms with Gasteiger partial charge in [-0.1, -0.05) is 19.1 Å². The van der Waals surface area contributed by atoms with Gasteiger partial charge in [0.15, 0.2) is 0 Å². The number of anilines is 1. The van der Waals surface area contributed by atoms with E-state index in [0.29, 0.717) is 18.0 Å². The topological polar surface area (TPSA) is 85.4 Å². The van der Waals surface area contributed by atoms with Crippen LogP contribution in [0.15, 0.2) is 35.1 Å². The molecule has 27 heavy (non-hydrogen) atoms. The molecule has 0 bridgehead atoms. The van der Waals surface area contributed by atoms with E-state index in [1.54, 1.807) is 0 Å². The maximum Gasteiger partial charge on any atom is 0.341 e. The highest BCUT2D eigenvalue weighted by atomic mass is 35.5. The zero-order valence-corrected chi connectivity index (χ0v) is 16.4. The summed E-state index contributed by atoms with van der Waals surface area (Å²) in [6.07, 6.45) is 1.83. The number of carboxylic acid groups (broad SMARTS) is 1. The molecule has 1 aromatic heterocycles. The van der Waals surface area contributed by atoms with E-state index in [1.165, 1.54) is 18.2 Å². The number of nitrogens with one attached hydrogen (secondary N) is 2. The second-order valence-electron chi connectivity index (χ2n) is 6.78. The van der Waals surface area contributed by atoms with Crippen LogP contribution in [0.2, 0.25) is 0 Å². The minimum atomic E-state index is -1.20. The van der Waals surface area contributed by atoms with E-state index in [-0.39, 0.29) is 18.0 Å². The number of aryl methyl sites for hydroxylation is 1. The molecule has 2 heterocycles. The number of H-pyrrole nitrogens is 1. The molecule has 1 aliphatic rings. The van der Waals surface area contributed by atoms with Crippen LogP contribution in [0.4, 0.5) is 5.69 Å². The highest BCUT2D eigenvalue weighted by Gasteiger charge is 2.22. The van der Waals surface area contributed by atoms with Crippen molar-refractivity contribution in [2.75, 3.05) is 31.6 Å². The number of aromatic nitrogens is 1. The lowest BCUT2D eigenvalue weighted by atomic mass is 10.0. The van der Waals surface area contributed by atoms with Gasteiger partial charge in [-0.05, 0) is 61.7 Å². The molecular formula is C20H26ClN3O3. The number of carbonyl (C=O) groups is 1. The Kier molecular flexibility index (Phi) is 7.05. The van der Waals surface area contributed by atoms with E-state index >= 15 is 0 Å². The van der Waals surface area contributed by atoms with E-state index in [1.807, 2.05) is 26.1 Å². The highest BCUT2D eigenvalue weighted by Crippen LogP contribution is 2.27. The third-order valence-corrected chi connectivity index (χ3v) is 5.03. The van der Waals surface area contributed by atoms with Crippen molar-refractivity contribution in [1.29, 1.82) is 0 Å². The third-order valence-electron chi connectivity index (χ3n) is 5.03. The molecular weight excluding hydrogens is 366 g/mol. The van der Waals surface area contributed by atoms with Crippen LogP contribution in [0.1, 0.15) is 29.3 Å². The summed E-state index contributed by atoms with van der Waals surface area (Å²) in [6.45, 7) is 5.08. The van der Waals surface area contributed by atoms with E-state index in [0.717, 1.165) is 30.8 Å². The third kappa shape index (κ3) is 4.51. The van der Waals surface area contributed by atoms with Crippen molar-refractivity contribution in [3.8, 4) is 11.3 Å². The molecule has 1 atom stereocenters. The summed E-state index contributed by atoms with van der Waals surface area (Å²) in [5, 5.41) is 12.4. The summed E-state index contributed by atoms with van der Waals surface area (Å²) in [7, 11) is 1.99. The highest BCUT2D eigenvalue weighted by molar-refractivity contribution is 5.88. The lowest BCUT2D eigenvalue weighted by molar-refractivity contribution is 0.0695. The predicted molar refractivity (Wildman–Crippen MR) is 110 cm³/mol. The van der Waals surface area contributed by atoms with Crippen LogP contribution in [0.25, 0.3) is 11.3 Å². The Hall–Kier alpha value is -2.31. The predicted octanol–water partition coefficient (Wildman–Crippen LogP) is 2.77. The molecule has 0 radical (unpaired) electrons. The van der Waals surface area contributed by atoms with Gasteiger partial charge in [0.05, 0.1) is 5.69 Å². The summed E-state index contributed by atoms with van der Waals surface area (Å²) in [6, 6.07) is 9.60. The average Bonchev–Trinajstić information content (AvgIpc) is 3.10. The monoisotopic (exact) mass is 391 g/mol. The molecule has 1 aliphatic heterocycles. The number of halogens is 1. The fourth-order valence-corrected chi connectivity index (χ4v) is 3.63. The molecule has 2 aromatic rings. The fraction of sp³-hybridized carbons (Fsp3) is 0.400. The maximum absolute atomic E-state index is 12.0. The van der Waals surface area contributed by atoms with Crippen LogP contribution < -0.4 is 15.8 Å². The second kappa shape index (κ2) is 9.06. The first-order valence-electron chi connectivity index (χ1n) is 9.03. The normalized spacial score (nSPS) is 16.2. The molecule has 3 N–H and O–H groups in total. The number of hydrogen-bond acceptors (Lipinski definition) is 4. The molecule has 1 saturated heterocycles. The van der Waals surface area contributed by atoms with Crippen LogP contribution in [0.3, 0.4) is 0 Å².